The SMILES string of the molecule is COc1ccc(N(C)C[C@H]2CCOC2=O)cc1. The quantitative estimate of drug-likeness (QED) is 0.744. The molecule has 0 aliphatic carbocycles. The first-order chi connectivity index (χ1) is 8.20. The Morgan fingerprint density at radius 1 is 1.41 bits per heavy atom. The fraction of sp³-hybridized carbons (Fsp3) is 0.462. The summed E-state index contributed by atoms with van der Waals surface area (Å²) in [6.45, 7) is 1.26. The van der Waals surface area contributed by atoms with Gasteiger partial charge >= 0.3 is 5.97 Å². The molecule has 0 saturated carbocycles. The summed E-state index contributed by atoms with van der Waals surface area (Å²) in [5.41, 5.74) is 1.07. The van der Waals surface area contributed by atoms with E-state index in [1.54, 1.807) is 7.11 Å². The second-order valence-electron chi connectivity index (χ2n) is 4.23. The van der Waals surface area contributed by atoms with Crippen LogP contribution in [0, 0.1) is 5.92 Å². The molecule has 1 heterocycles. The van der Waals surface area contributed by atoms with Crippen LogP contribution in [0.5, 0.6) is 5.75 Å². The molecule has 0 bridgehead atoms. The summed E-state index contributed by atoms with van der Waals surface area (Å²) in [6, 6.07) is 7.80. The summed E-state index contributed by atoms with van der Waals surface area (Å²) >= 11 is 0. The van der Waals surface area contributed by atoms with Gasteiger partial charge in [-0.25, -0.2) is 0 Å². The highest BCUT2D eigenvalue weighted by Gasteiger charge is 2.27. The lowest BCUT2D eigenvalue weighted by atomic mass is 10.1. The number of cyclic esters (lactones) is 1. The van der Waals surface area contributed by atoms with Gasteiger partial charge in [0.25, 0.3) is 0 Å². The third-order valence-corrected chi connectivity index (χ3v) is 3.05. The maximum Gasteiger partial charge on any atom is 0.310 e. The van der Waals surface area contributed by atoms with E-state index in [0.29, 0.717) is 13.2 Å². The molecule has 1 atom stereocenters. The number of benzene rings is 1. The smallest absolute Gasteiger partial charge is 0.310 e. The monoisotopic (exact) mass is 235 g/mol. The van der Waals surface area contributed by atoms with Crippen LogP contribution < -0.4 is 9.64 Å². The second kappa shape index (κ2) is 5.08. The number of ether oxygens (including phenoxy) is 2. The Bertz CT molecular complexity index is 388. The zero-order chi connectivity index (χ0) is 12.3. The summed E-state index contributed by atoms with van der Waals surface area (Å²) in [5, 5.41) is 0. The van der Waals surface area contributed by atoms with Gasteiger partial charge in [-0.2, -0.15) is 0 Å². The van der Waals surface area contributed by atoms with E-state index in [1.165, 1.54) is 0 Å². The Balaban J connectivity index is 1.98. The van der Waals surface area contributed by atoms with Crippen molar-refractivity contribution in [1.82, 2.24) is 0 Å². The fourth-order valence-corrected chi connectivity index (χ4v) is 1.98. The van der Waals surface area contributed by atoms with Crippen LogP contribution in [0.1, 0.15) is 6.42 Å². The normalized spacial score (nSPS) is 18.9. The van der Waals surface area contributed by atoms with Crippen LogP contribution in [0.15, 0.2) is 24.3 Å². The standard InChI is InChI=1S/C13H17NO3/c1-14(9-10-7-8-17-13(10)15)11-3-5-12(16-2)6-4-11/h3-6,10H,7-9H2,1-2H3/t10-/m1/s1. The number of esters is 1. The van der Waals surface area contributed by atoms with Gasteiger partial charge < -0.3 is 14.4 Å². The molecular weight excluding hydrogens is 218 g/mol. The second-order valence-corrected chi connectivity index (χ2v) is 4.23. The van der Waals surface area contributed by atoms with Crippen molar-refractivity contribution < 1.29 is 14.3 Å². The summed E-state index contributed by atoms with van der Waals surface area (Å²) in [5.74, 6) is 0.759. The highest BCUT2D eigenvalue weighted by Crippen LogP contribution is 2.21. The van der Waals surface area contributed by atoms with Crippen molar-refractivity contribution in [3.63, 3.8) is 0 Å². The molecule has 0 unspecified atom stereocenters. The Morgan fingerprint density at radius 3 is 2.65 bits per heavy atom. The van der Waals surface area contributed by atoms with Gasteiger partial charge in [0.2, 0.25) is 0 Å². The fourth-order valence-electron chi connectivity index (χ4n) is 1.98. The molecule has 1 aliphatic heterocycles. The minimum absolute atomic E-state index is 0.00195. The van der Waals surface area contributed by atoms with Gasteiger partial charge in [0.05, 0.1) is 19.6 Å². The van der Waals surface area contributed by atoms with Gasteiger partial charge in [-0.05, 0) is 30.7 Å². The van der Waals surface area contributed by atoms with E-state index in [1.807, 2.05) is 31.3 Å². The predicted octanol–water partition coefficient (Wildman–Crippen LogP) is 1.69. The summed E-state index contributed by atoms with van der Waals surface area (Å²) in [4.78, 5) is 13.4. The predicted molar refractivity (Wildman–Crippen MR) is 65.3 cm³/mol. The number of hydrogen-bond donors (Lipinski definition) is 0. The van der Waals surface area contributed by atoms with Crippen LogP contribution in [0.2, 0.25) is 0 Å². The topological polar surface area (TPSA) is 38.8 Å². The molecular formula is C13H17NO3. The highest BCUT2D eigenvalue weighted by molar-refractivity contribution is 5.75. The number of carbonyl (C=O) groups excluding carboxylic acids is 1. The molecule has 92 valence electrons. The molecule has 0 radical (unpaired) electrons. The van der Waals surface area contributed by atoms with Gasteiger partial charge in [0.1, 0.15) is 5.75 Å². The molecule has 17 heavy (non-hydrogen) atoms. The molecule has 0 N–H and O–H groups in total. The van der Waals surface area contributed by atoms with Crippen LogP contribution in [0.4, 0.5) is 5.69 Å². The van der Waals surface area contributed by atoms with E-state index in [-0.39, 0.29) is 11.9 Å². The number of rotatable bonds is 4. The Labute approximate surface area is 101 Å². The van der Waals surface area contributed by atoms with Crippen molar-refractivity contribution in [3.05, 3.63) is 24.3 Å². The number of carbonyl (C=O) groups is 1. The van der Waals surface area contributed by atoms with Crippen molar-refractivity contribution in [3.8, 4) is 5.75 Å². The number of methoxy groups -OCH3 is 1. The van der Waals surface area contributed by atoms with Crippen molar-refractivity contribution in [2.45, 2.75) is 6.42 Å². The number of anilines is 1. The lowest BCUT2D eigenvalue weighted by Gasteiger charge is -2.21. The first-order valence-electron chi connectivity index (χ1n) is 5.72. The third kappa shape index (κ3) is 2.70. The average Bonchev–Trinajstić information content (AvgIpc) is 2.75. The van der Waals surface area contributed by atoms with Crippen molar-refractivity contribution >= 4 is 11.7 Å². The van der Waals surface area contributed by atoms with Gasteiger partial charge in [-0.1, -0.05) is 0 Å². The van der Waals surface area contributed by atoms with Crippen molar-refractivity contribution in [2.24, 2.45) is 5.92 Å². The molecule has 1 aliphatic rings. The lowest BCUT2D eigenvalue weighted by Crippen LogP contribution is -2.27. The third-order valence-electron chi connectivity index (χ3n) is 3.05. The van der Waals surface area contributed by atoms with Crippen LogP contribution in [0.3, 0.4) is 0 Å². The Kier molecular flexibility index (Phi) is 3.52. The van der Waals surface area contributed by atoms with Crippen LogP contribution >= 0.6 is 0 Å². The Hall–Kier alpha value is -1.71. The van der Waals surface area contributed by atoms with Crippen molar-refractivity contribution in [2.75, 3.05) is 32.2 Å². The summed E-state index contributed by atoms with van der Waals surface area (Å²) in [7, 11) is 3.63. The highest BCUT2D eigenvalue weighted by atomic mass is 16.5. The van der Waals surface area contributed by atoms with Gasteiger partial charge in [0, 0.05) is 19.3 Å². The molecule has 4 nitrogen and oxygen atoms in total. The van der Waals surface area contributed by atoms with E-state index in [4.69, 9.17) is 9.47 Å². The van der Waals surface area contributed by atoms with Gasteiger partial charge in [-0.3, -0.25) is 4.79 Å². The average molecular weight is 235 g/mol. The molecule has 0 aromatic heterocycles. The van der Waals surface area contributed by atoms with Crippen LogP contribution in [-0.2, 0) is 9.53 Å². The summed E-state index contributed by atoms with van der Waals surface area (Å²) < 4.78 is 10.1. The zero-order valence-electron chi connectivity index (χ0n) is 10.2. The largest absolute Gasteiger partial charge is 0.497 e. The molecule has 1 saturated heterocycles. The molecule has 0 spiro atoms. The van der Waals surface area contributed by atoms with Crippen LogP contribution in [-0.4, -0.2) is 33.3 Å². The van der Waals surface area contributed by atoms with E-state index in [0.717, 1.165) is 17.9 Å². The molecule has 2 rings (SSSR count). The molecule has 1 aromatic rings. The van der Waals surface area contributed by atoms with Crippen LogP contribution in [0.25, 0.3) is 0 Å². The minimum Gasteiger partial charge on any atom is -0.497 e. The number of nitrogens with zero attached hydrogens (tertiary/aromatic N) is 1. The first-order valence-corrected chi connectivity index (χ1v) is 5.72. The van der Waals surface area contributed by atoms with E-state index >= 15 is 0 Å². The lowest BCUT2D eigenvalue weighted by molar-refractivity contribution is -0.140. The van der Waals surface area contributed by atoms with E-state index in [2.05, 4.69) is 4.90 Å². The van der Waals surface area contributed by atoms with E-state index < -0.39 is 0 Å². The van der Waals surface area contributed by atoms with Crippen molar-refractivity contribution in [1.29, 1.82) is 0 Å². The van der Waals surface area contributed by atoms with Gasteiger partial charge in [0.15, 0.2) is 0 Å². The zero-order valence-corrected chi connectivity index (χ0v) is 10.2. The summed E-state index contributed by atoms with van der Waals surface area (Å²) in [6.07, 6.45) is 0.819. The van der Waals surface area contributed by atoms with Gasteiger partial charge in [-0.15, -0.1) is 0 Å². The molecule has 0 amide bonds. The molecule has 4 heteroatoms. The maximum atomic E-state index is 11.4. The minimum atomic E-state index is -0.0784. The first kappa shape index (κ1) is 11.8. The van der Waals surface area contributed by atoms with E-state index in [9.17, 15) is 4.79 Å². The maximum absolute atomic E-state index is 11.4. The number of hydrogen-bond acceptors (Lipinski definition) is 4. The Morgan fingerprint density at radius 2 is 2.12 bits per heavy atom. The molecule has 1 aromatic carbocycles. The molecule has 1 fully saturated rings.